The molecule has 0 atom stereocenters. The third-order valence-electron chi connectivity index (χ3n) is 5.41. The summed E-state index contributed by atoms with van der Waals surface area (Å²) in [6.45, 7) is 5.85. The lowest BCUT2D eigenvalue weighted by Crippen LogP contribution is -2.22. The second-order valence-corrected chi connectivity index (χ2v) is 7.34. The van der Waals surface area contributed by atoms with Crippen LogP contribution in [-0.2, 0) is 11.3 Å². The molecule has 7 heteroatoms. The monoisotopic (exact) mass is 421 g/mol. The minimum Gasteiger partial charge on any atom is -0.332 e. The van der Waals surface area contributed by atoms with Gasteiger partial charge in [-0.3, -0.25) is 4.79 Å². The van der Waals surface area contributed by atoms with Gasteiger partial charge in [-0.1, -0.05) is 24.1 Å². The highest BCUT2D eigenvalue weighted by Gasteiger charge is 2.32. The van der Waals surface area contributed by atoms with E-state index >= 15 is 0 Å². The molecule has 0 bridgehead atoms. The summed E-state index contributed by atoms with van der Waals surface area (Å²) in [7, 11) is 0. The molecule has 0 spiro atoms. The lowest BCUT2D eigenvalue weighted by Gasteiger charge is -2.13. The maximum absolute atomic E-state index is 14.2. The van der Waals surface area contributed by atoms with Crippen LogP contribution >= 0.6 is 0 Å². The van der Waals surface area contributed by atoms with Crippen molar-refractivity contribution >= 4 is 34.3 Å². The standard InChI is InChI=1S/C24H18F3N3O/c1-5-9-29-15(4)18(16-8-6-7-13(2)23(16)29)10-17-14(3)28-30(24(17)31)22-12-20(26)19(25)11-21(22)27/h1,6-8,10-12H,9H2,2-4H3/b17-10+. The fourth-order valence-corrected chi connectivity index (χ4v) is 3.88. The molecule has 0 fully saturated rings. The third-order valence-corrected chi connectivity index (χ3v) is 5.41. The Morgan fingerprint density at radius 2 is 1.81 bits per heavy atom. The summed E-state index contributed by atoms with van der Waals surface area (Å²) in [6.07, 6.45) is 7.23. The molecule has 3 aromatic rings. The van der Waals surface area contributed by atoms with E-state index in [0.29, 0.717) is 24.4 Å². The van der Waals surface area contributed by atoms with Gasteiger partial charge in [-0.15, -0.1) is 6.42 Å². The number of nitrogens with zero attached hydrogens (tertiary/aromatic N) is 3. The first-order valence-corrected chi connectivity index (χ1v) is 9.52. The van der Waals surface area contributed by atoms with Crippen molar-refractivity contribution in [1.82, 2.24) is 4.57 Å². The Kier molecular flexibility index (Phi) is 4.94. The highest BCUT2D eigenvalue weighted by molar-refractivity contribution is 6.32. The Hall–Kier alpha value is -3.79. The maximum Gasteiger partial charge on any atom is 0.280 e. The number of fused-ring (bicyclic) bond motifs is 1. The molecule has 0 N–H and O–H groups in total. The maximum atomic E-state index is 14.2. The van der Waals surface area contributed by atoms with Gasteiger partial charge in [0.1, 0.15) is 5.69 Å². The van der Waals surface area contributed by atoms with Gasteiger partial charge in [-0.25, -0.2) is 13.2 Å². The van der Waals surface area contributed by atoms with E-state index in [4.69, 9.17) is 6.42 Å². The number of hydrogen-bond donors (Lipinski definition) is 0. The normalized spacial score (nSPS) is 15.1. The molecular weight excluding hydrogens is 403 g/mol. The first-order valence-electron chi connectivity index (χ1n) is 9.52. The van der Waals surface area contributed by atoms with Crippen molar-refractivity contribution in [1.29, 1.82) is 0 Å². The number of terminal acetylenes is 1. The average Bonchev–Trinajstić information content (AvgIpc) is 3.15. The number of para-hydroxylation sites is 1. The zero-order valence-electron chi connectivity index (χ0n) is 17.1. The number of hydrogen-bond acceptors (Lipinski definition) is 2. The van der Waals surface area contributed by atoms with E-state index in [0.717, 1.165) is 32.7 Å². The molecule has 0 unspecified atom stereocenters. The van der Waals surface area contributed by atoms with E-state index in [1.165, 1.54) is 0 Å². The molecule has 2 heterocycles. The summed E-state index contributed by atoms with van der Waals surface area (Å²) < 4.78 is 43.2. The van der Waals surface area contributed by atoms with E-state index < -0.39 is 29.0 Å². The molecule has 1 aliphatic rings. The molecule has 0 saturated heterocycles. The molecule has 1 aromatic heterocycles. The number of rotatable bonds is 3. The highest BCUT2D eigenvalue weighted by Crippen LogP contribution is 2.33. The Morgan fingerprint density at radius 1 is 1.10 bits per heavy atom. The molecule has 31 heavy (non-hydrogen) atoms. The molecule has 156 valence electrons. The summed E-state index contributed by atoms with van der Waals surface area (Å²) in [4.78, 5) is 13.0. The van der Waals surface area contributed by atoms with Crippen molar-refractivity contribution in [3.63, 3.8) is 0 Å². The number of halogens is 3. The number of hydrazone groups is 1. The number of anilines is 1. The van der Waals surface area contributed by atoms with Crippen molar-refractivity contribution in [2.45, 2.75) is 27.3 Å². The van der Waals surface area contributed by atoms with E-state index in [1.807, 2.05) is 36.6 Å². The van der Waals surface area contributed by atoms with Gasteiger partial charge in [0.2, 0.25) is 0 Å². The predicted molar refractivity (Wildman–Crippen MR) is 115 cm³/mol. The van der Waals surface area contributed by atoms with Crippen LogP contribution in [0.1, 0.15) is 23.7 Å². The van der Waals surface area contributed by atoms with E-state index in [2.05, 4.69) is 11.0 Å². The lowest BCUT2D eigenvalue weighted by molar-refractivity contribution is -0.114. The van der Waals surface area contributed by atoms with Crippen molar-refractivity contribution < 1.29 is 18.0 Å². The first-order chi connectivity index (χ1) is 14.7. The molecular formula is C24H18F3N3O. The van der Waals surface area contributed by atoms with Gasteiger partial charge < -0.3 is 4.57 Å². The van der Waals surface area contributed by atoms with Crippen LogP contribution in [0.25, 0.3) is 17.0 Å². The largest absolute Gasteiger partial charge is 0.332 e. The van der Waals surface area contributed by atoms with Crippen LogP contribution in [0, 0.1) is 43.6 Å². The van der Waals surface area contributed by atoms with E-state index in [9.17, 15) is 18.0 Å². The number of amides is 1. The zero-order valence-corrected chi connectivity index (χ0v) is 17.1. The van der Waals surface area contributed by atoms with Crippen LogP contribution < -0.4 is 5.01 Å². The molecule has 0 saturated carbocycles. The van der Waals surface area contributed by atoms with Crippen LogP contribution in [0.15, 0.2) is 41.0 Å². The summed E-state index contributed by atoms with van der Waals surface area (Å²) in [5.41, 5.74) is 3.77. The van der Waals surface area contributed by atoms with Crippen molar-refractivity contribution in [3.8, 4) is 12.3 Å². The molecule has 4 rings (SSSR count). The molecule has 4 nitrogen and oxygen atoms in total. The number of aromatic nitrogens is 1. The fourth-order valence-electron chi connectivity index (χ4n) is 3.88. The number of aryl methyl sites for hydroxylation is 1. The topological polar surface area (TPSA) is 37.6 Å². The van der Waals surface area contributed by atoms with Gasteiger partial charge in [0, 0.05) is 28.8 Å². The van der Waals surface area contributed by atoms with Gasteiger partial charge in [0.15, 0.2) is 17.5 Å². The van der Waals surface area contributed by atoms with Crippen LogP contribution in [0.4, 0.5) is 18.9 Å². The van der Waals surface area contributed by atoms with Gasteiger partial charge in [0.25, 0.3) is 5.91 Å². The second kappa shape index (κ2) is 7.47. The number of carbonyl (C=O) groups excluding carboxylic acids is 1. The molecule has 1 amide bonds. The number of carbonyl (C=O) groups is 1. The smallest absolute Gasteiger partial charge is 0.280 e. The molecule has 0 aliphatic carbocycles. The van der Waals surface area contributed by atoms with E-state index in [-0.39, 0.29) is 5.57 Å². The van der Waals surface area contributed by atoms with Crippen LogP contribution in [0.2, 0.25) is 0 Å². The Morgan fingerprint density at radius 3 is 2.52 bits per heavy atom. The molecule has 2 aromatic carbocycles. The summed E-state index contributed by atoms with van der Waals surface area (Å²) >= 11 is 0. The molecule has 0 radical (unpaired) electrons. The lowest BCUT2D eigenvalue weighted by atomic mass is 10.0. The quantitative estimate of drug-likeness (QED) is 0.329. The average molecular weight is 421 g/mol. The zero-order chi connectivity index (χ0) is 22.4. The van der Waals surface area contributed by atoms with Gasteiger partial charge in [0.05, 0.1) is 23.3 Å². The number of benzene rings is 2. The van der Waals surface area contributed by atoms with Crippen molar-refractivity contribution in [2.24, 2.45) is 5.10 Å². The fraction of sp³-hybridized carbons (Fsp3) is 0.167. The predicted octanol–water partition coefficient (Wildman–Crippen LogP) is 5.11. The Bertz CT molecular complexity index is 1360. The Labute approximate surface area is 177 Å². The minimum absolute atomic E-state index is 0.230. The van der Waals surface area contributed by atoms with E-state index in [1.54, 1.807) is 13.0 Å². The van der Waals surface area contributed by atoms with Crippen LogP contribution in [0.5, 0.6) is 0 Å². The van der Waals surface area contributed by atoms with Gasteiger partial charge in [-0.2, -0.15) is 10.1 Å². The first kappa shape index (κ1) is 20.5. The van der Waals surface area contributed by atoms with Crippen LogP contribution in [-0.4, -0.2) is 16.2 Å². The highest BCUT2D eigenvalue weighted by atomic mass is 19.2. The SMILES string of the molecule is C#CCn1c(C)c(/C=C2/C(=O)N(c3cc(F)c(F)cc3F)N=C2C)c2cccc(C)c21. The summed E-state index contributed by atoms with van der Waals surface area (Å²) in [6, 6.07) is 6.85. The Balaban J connectivity index is 1.86. The van der Waals surface area contributed by atoms with Gasteiger partial charge >= 0.3 is 0 Å². The minimum atomic E-state index is -1.34. The summed E-state index contributed by atoms with van der Waals surface area (Å²) in [5.74, 6) is -1.67. The van der Waals surface area contributed by atoms with Crippen LogP contribution in [0.3, 0.4) is 0 Å². The second-order valence-electron chi connectivity index (χ2n) is 7.34. The molecule has 1 aliphatic heterocycles. The summed E-state index contributed by atoms with van der Waals surface area (Å²) in [5, 5.41) is 5.75. The van der Waals surface area contributed by atoms with Crippen molar-refractivity contribution in [3.05, 3.63) is 70.2 Å². The third kappa shape index (κ3) is 3.21. The van der Waals surface area contributed by atoms with Crippen molar-refractivity contribution in [2.75, 3.05) is 5.01 Å². The van der Waals surface area contributed by atoms with Gasteiger partial charge in [-0.05, 0) is 32.4 Å².